The normalized spacial score (nSPS) is 12.3. The van der Waals surface area contributed by atoms with E-state index in [1.165, 1.54) is 0 Å². The molecule has 0 saturated heterocycles. The van der Waals surface area contributed by atoms with Gasteiger partial charge >= 0.3 is 0 Å². The van der Waals surface area contributed by atoms with Gasteiger partial charge in [-0.25, -0.2) is 0 Å². The van der Waals surface area contributed by atoms with Gasteiger partial charge in [0.25, 0.3) is 0 Å². The standard InChI is InChI=1S/C11H17N7O/c1-3-8(2)14-11(19)4-5-13-9-6-12-7-10-15-16-17-18(9)10/h6-8,13H,3-5H2,1-2H3,(H,14,19). The first-order valence-electron chi connectivity index (χ1n) is 6.26. The fourth-order valence-electron chi connectivity index (χ4n) is 1.55. The molecule has 0 radical (unpaired) electrons. The molecular weight excluding hydrogens is 246 g/mol. The SMILES string of the molecule is CCC(C)NC(=O)CCNc1cncc2nnnn12. The van der Waals surface area contributed by atoms with Gasteiger partial charge in [0.15, 0.2) is 5.65 Å². The molecular formula is C11H17N7O. The number of anilines is 1. The monoisotopic (exact) mass is 263 g/mol. The van der Waals surface area contributed by atoms with E-state index in [0.717, 1.165) is 6.42 Å². The van der Waals surface area contributed by atoms with Crippen LogP contribution in [0.5, 0.6) is 0 Å². The lowest BCUT2D eigenvalue weighted by atomic mass is 10.2. The highest BCUT2D eigenvalue weighted by atomic mass is 16.1. The zero-order valence-electron chi connectivity index (χ0n) is 11.0. The number of amides is 1. The average molecular weight is 263 g/mol. The van der Waals surface area contributed by atoms with Crippen LogP contribution < -0.4 is 10.6 Å². The lowest BCUT2D eigenvalue weighted by molar-refractivity contribution is -0.121. The Hall–Kier alpha value is -2.25. The van der Waals surface area contributed by atoms with Crippen LogP contribution >= 0.6 is 0 Å². The maximum Gasteiger partial charge on any atom is 0.221 e. The van der Waals surface area contributed by atoms with Crippen LogP contribution in [0.25, 0.3) is 5.65 Å². The fourth-order valence-corrected chi connectivity index (χ4v) is 1.55. The van der Waals surface area contributed by atoms with Gasteiger partial charge in [-0.1, -0.05) is 6.92 Å². The Morgan fingerprint density at radius 3 is 3.11 bits per heavy atom. The molecule has 102 valence electrons. The maximum atomic E-state index is 11.6. The topological polar surface area (TPSA) is 97.1 Å². The van der Waals surface area contributed by atoms with Crippen molar-refractivity contribution in [2.75, 3.05) is 11.9 Å². The van der Waals surface area contributed by atoms with Crippen LogP contribution in [0.1, 0.15) is 26.7 Å². The number of fused-ring (bicyclic) bond motifs is 1. The summed E-state index contributed by atoms with van der Waals surface area (Å²) in [6.07, 6.45) is 4.51. The Bertz CT molecular complexity index is 553. The van der Waals surface area contributed by atoms with E-state index in [1.807, 2.05) is 13.8 Å². The summed E-state index contributed by atoms with van der Waals surface area (Å²) in [6, 6.07) is 0.206. The van der Waals surface area contributed by atoms with Crippen LogP contribution in [0.3, 0.4) is 0 Å². The highest BCUT2D eigenvalue weighted by Crippen LogP contribution is 2.05. The minimum absolute atomic E-state index is 0.0266. The van der Waals surface area contributed by atoms with E-state index in [9.17, 15) is 4.79 Å². The van der Waals surface area contributed by atoms with E-state index in [2.05, 4.69) is 31.1 Å². The van der Waals surface area contributed by atoms with Gasteiger partial charge in [-0.2, -0.15) is 4.52 Å². The molecule has 0 aliphatic carbocycles. The molecule has 0 aliphatic heterocycles. The lowest BCUT2D eigenvalue weighted by Crippen LogP contribution is -2.33. The van der Waals surface area contributed by atoms with Gasteiger partial charge in [0.2, 0.25) is 5.91 Å². The van der Waals surface area contributed by atoms with E-state index in [1.54, 1.807) is 16.9 Å². The molecule has 2 aromatic rings. The number of tetrazole rings is 1. The molecule has 2 heterocycles. The van der Waals surface area contributed by atoms with Crippen LogP contribution in [-0.4, -0.2) is 43.5 Å². The molecule has 1 amide bonds. The highest BCUT2D eigenvalue weighted by Gasteiger charge is 2.06. The molecule has 8 heteroatoms. The van der Waals surface area contributed by atoms with Crippen LogP contribution in [0, 0.1) is 0 Å². The third kappa shape index (κ3) is 3.36. The lowest BCUT2D eigenvalue weighted by Gasteiger charge is -2.11. The van der Waals surface area contributed by atoms with Gasteiger partial charge in [0, 0.05) is 19.0 Å². The Morgan fingerprint density at radius 2 is 2.32 bits per heavy atom. The van der Waals surface area contributed by atoms with E-state index in [-0.39, 0.29) is 11.9 Å². The average Bonchev–Trinajstić information content (AvgIpc) is 2.87. The van der Waals surface area contributed by atoms with E-state index in [4.69, 9.17) is 0 Å². The predicted octanol–water partition coefficient (Wildman–Crippen LogP) is 0.236. The largest absolute Gasteiger partial charge is 0.368 e. The molecule has 1 unspecified atom stereocenters. The molecule has 2 N–H and O–H groups in total. The molecule has 2 aromatic heterocycles. The Morgan fingerprint density at radius 1 is 1.47 bits per heavy atom. The van der Waals surface area contributed by atoms with Crippen molar-refractivity contribution in [3.63, 3.8) is 0 Å². The smallest absolute Gasteiger partial charge is 0.221 e. The van der Waals surface area contributed by atoms with Crippen molar-refractivity contribution in [2.45, 2.75) is 32.7 Å². The summed E-state index contributed by atoms with van der Waals surface area (Å²) in [4.78, 5) is 15.6. The molecule has 0 bridgehead atoms. The first-order chi connectivity index (χ1) is 9.20. The molecule has 0 saturated carbocycles. The van der Waals surface area contributed by atoms with Crippen LogP contribution in [-0.2, 0) is 4.79 Å². The van der Waals surface area contributed by atoms with E-state index >= 15 is 0 Å². The number of rotatable bonds is 6. The zero-order chi connectivity index (χ0) is 13.7. The molecule has 8 nitrogen and oxygen atoms in total. The van der Waals surface area contributed by atoms with E-state index < -0.39 is 0 Å². The van der Waals surface area contributed by atoms with Crippen molar-refractivity contribution in [1.29, 1.82) is 0 Å². The van der Waals surface area contributed by atoms with Gasteiger partial charge in [-0.05, 0) is 23.8 Å². The number of nitrogens with one attached hydrogen (secondary N) is 2. The first kappa shape index (κ1) is 13.2. The van der Waals surface area contributed by atoms with Gasteiger partial charge in [0.1, 0.15) is 5.82 Å². The highest BCUT2D eigenvalue weighted by molar-refractivity contribution is 5.76. The van der Waals surface area contributed by atoms with Crippen molar-refractivity contribution in [2.24, 2.45) is 0 Å². The summed E-state index contributed by atoms with van der Waals surface area (Å²) in [6.45, 7) is 4.52. The number of carbonyl (C=O) groups is 1. The summed E-state index contributed by atoms with van der Waals surface area (Å²) in [7, 11) is 0. The Balaban J connectivity index is 1.86. The second-order valence-corrected chi connectivity index (χ2v) is 4.29. The zero-order valence-corrected chi connectivity index (χ0v) is 11.0. The van der Waals surface area contributed by atoms with Crippen LogP contribution in [0.4, 0.5) is 5.82 Å². The minimum atomic E-state index is 0.0266. The third-order valence-electron chi connectivity index (χ3n) is 2.79. The van der Waals surface area contributed by atoms with Gasteiger partial charge in [0.05, 0.1) is 12.4 Å². The number of hydrogen-bond acceptors (Lipinski definition) is 6. The number of aromatic nitrogens is 5. The van der Waals surface area contributed by atoms with Gasteiger partial charge in [-0.15, -0.1) is 5.10 Å². The quantitative estimate of drug-likeness (QED) is 0.774. The summed E-state index contributed by atoms with van der Waals surface area (Å²) in [5, 5.41) is 17.2. The second-order valence-electron chi connectivity index (χ2n) is 4.29. The Labute approximate surface area is 110 Å². The summed E-state index contributed by atoms with van der Waals surface area (Å²) >= 11 is 0. The third-order valence-corrected chi connectivity index (χ3v) is 2.79. The predicted molar refractivity (Wildman–Crippen MR) is 69.6 cm³/mol. The number of nitrogens with zero attached hydrogens (tertiary/aromatic N) is 5. The number of carbonyl (C=O) groups excluding carboxylic acids is 1. The van der Waals surface area contributed by atoms with Crippen LogP contribution in [0.2, 0.25) is 0 Å². The first-order valence-corrected chi connectivity index (χ1v) is 6.26. The second kappa shape index (κ2) is 6.07. The minimum Gasteiger partial charge on any atom is -0.368 e. The van der Waals surface area contributed by atoms with Crippen molar-refractivity contribution >= 4 is 17.4 Å². The van der Waals surface area contributed by atoms with Crippen molar-refractivity contribution in [1.82, 2.24) is 30.3 Å². The molecule has 0 spiro atoms. The van der Waals surface area contributed by atoms with Gasteiger partial charge in [-0.3, -0.25) is 9.78 Å². The molecule has 0 aliphatic rings. The molecule has 0 fully saturated rings. The molecule has 0 aromatic carbocycles. The molecule has 2 rings (SSSR count). The van der Waals surface area contributed by atoms with Gasteiger partial charge < -0.3 is 10.6 Å². The fraction of sp³-hybridized carbons (Fsp3) is 0.545. The molecule has 1 atom stereocenters. The van der Waals surface area contributed by atoms with Crippen molar-refractivity contribution < 1.29 is 4.79 Å². The van der Waals surface area contributed by atoms with Crippen molar-refractivity contribution in [3.8, 4) is 0 Å². The summed E-state index contributed by atoms with van der Waals surface area (Å²) in [5.74, 6) is 0.692. The van der Waals surface area contributed by atoms with E-state index in [0.29, 0.717) is 24.4 Å². The maximum absolute atomic E-state index is 11.6. The van der Waals surface area contributed by atoms with Crippen molar-refractivity contribution in [3.05, 3.63) is 12.4 Å². The number of hydrogen-bond donors (Lipinski definition) is 2. The molecule has 19 heavy (non-hydrogen) atoms. The summed E-state index contributed by atoms with van der Waals surface area (Å²) in [5.41, 5.74) is 0.564. The Kier molecular flexibility index (Phi) is 4.22. The summed E-state index contributed by atoms with van der Waals surface area (Å²) < 4.78 is 1.54. The van der Waals surface area contributed by atoms with Crippen LogP contribution in [0.15, 0.2) is 12.4 Å².